The number of rotatable bonds is 6. The predicted octanol–water partition coefficient (Wildman–Crippen LogP) is 3.17. The molecule has 8 heteroatoms. The first kappa shape index (κ1) is 16.4. The Morgan fingerprint density at radius 1 is 1.08 bits per heavy atom. The fraction of sp³-hybridized carbons (Fsp3) is 0.176. The highest BCUT2D eigenvalue weighted by Gasteiger charge is 2.09. The Labute approximate surface area is 143 Å². The minimum absolute atomic E-state index is 0.00663. The maximum absolute atomic E-state index is 10.8. The number of benzene rings is 2. The van der Waals surface area contributed by atoms with E-state index < -0.39 is 4.92 Å². The van der Waals surface area contributed by atoms with Crippen molar-refractivity contribution in [3.8, 4) is 11.5 Å². The number of nitro groups is 1. The van der Waals surface area contributed by atoms with E-state index in [2.05, 4.69) is 15.3 Å². The molecule has 1 aromatic heterocycles. The summed E-state index contributed by atoms with van der Waals surface area (Å²) in [7, 11) is 3.17. The van der Waals surface area contributed by atoms with E-state index in [1.165, 1.54) is 12.1 Å². The van der Waals surface area contributed by atoms with Crippen molar-refractivity contribution in [3.05, 3.63) is 58.3 Å². The summed E-state index contributed by atoms with van der Waals surface area (Å²) in [5, 5.41) is 14.0. The SMILES string of the molecule is COc1ccc(CNc2cnc3cc([N+](=O)[O-])ccc3n2)cc1OC. The maximum atomic E-state index is 10.8. The molecule has 0 aliphatic rings. The van der Waals surface area contributed by atoms with Crippen molar-refractivity contribution < 1.29 is 14.4 Å². The van der Waals surface area contributed by atoms with E-state index in [0.29, 0.717) is 34.9 Å². The minimum atomic E-state index is -0.454. The van der Waals surface area contributed by atoms with Crippen molar-refractivity contribution in [3.63, 3.8) is 0 Å². The predicted molar refractivity (Wildman–Crippen MR) is 93.1 cm³/mol. The van der Waals surface area contributed by atoms with Gasteiger partial charge in [0.05, 0.1) is 36.4 Å². The molecule has 25 heavy (non-hydrogen) atoms. The van der Waals surface area contributed by atoms with Crippen LogP contribution in [0.3, 0.4) is 0 Å². The van der Waals surface area contributed by atoms with E-state index in [1.54, 1.807) is 26.5 Å². The molecule has 2 aromatic carbocycles. The molecule has 0 unspecified atom stereocenters. The lowest BCUT2D eigenvalue weighted by Crippen LogP contribution is -2.03. The van der Waals surface area contributed by atoms with E-state index in [1.807, 2.05) is 18.2 Å². The number of ether oxygens (including phenoxy) is 2. The molecular weight excluding hydrogens is 324 g/mol. The molecule has 0 saturated carbocycles. The summed E-state index contributed by atoms with van der Waals surface area (Å²) in [4.78, 5) is 19.0. The van der Waals surface area contributed by atoms with Gasteiger partial charge in [-0.1, -0.05) is 6.07 Å². The number of anilines is 1. The van der Waals surface area contributed by atoms with Crippen LogP contribution in [0.2, 0.25) is 0 Å². The number of aromatic nitrogens is 2. The third kappa shape index (κ3) is 3.57. The number of non-ortho nitro benzene ring substituents is 1. The molecule has 0 aliphatic carbocycles. The summed E-state index contributed by atoms with van der Waals surface area (Å²) in [5.74, 6) is 1.90. The maximum Gasteiger partial charge on any atom is 0.271 e. The monoisotopic (exact) mass is 340 g/mol. The van der Waals surface area contributed by atoms with Gasteiger partial charge in [-0.3, -0.25) is 15.1 Å². The second-order valence-corrected chi connectivity index (χ2v) is 5.23. The lowest BCUT2D eigenvalue weighted by Gasteiger charge is -2.10. The molecular formula is C17H16N4O4. The standard InChI is InChI=1S/C17H16N4O4/c1-24-15-6-3-11(7-16(15)25-2)9-19-17-10-18-14-8-12(21(22)23)4-5-13(14)20-17/h3-8,10H,9H2,1-2H3,(H,19,20). The van der Waals surface area contributed by atoms with Crippen LogP contribution in [0.25, 0.3) is 11.0 Å². The zero-order valence-corrected chi connectivity index (χ0v) is 13.7. The fourth-order valence-electron chi connectivity index (χ4n) is 2.38. The Bertz CT molecular complexity index is 930. The second-order valence-electron chi connectivity index (χ2n) is 5.23. The molecule has 0 spiro atoms. The molecule has 0 fully saturated rings. The Morgan fingerprint density at radius 2 is 1.88 bits per heavy atom. The van der Waals surface area contributed by atoms with Crippen LogP contribution in [0, 0.1) is 10.1 Å². The summed E-state index contributed by atoms with van der Waals surface area (Å²) in [6.45, 7) is 0.521. The molecule has 3 aromatic rings. The van der Waals surface area contributed by atoms with Gasteiger partial charge in [0.1, 0.15) is 5.82 Å². The Morgan fingerprint density at radius 3 is 2.60 bits per heavy atom. The number of nitrogens with one attached hydrogen (secondary N) is 1. The number of hydrogen-bond acceptors (Lipinski definition) is 7. The summed E-state index contributed by atoms with van der Waals surface area (Å²) in [5.41, 5.74) is 2.05. The van der Waals surface area contributed by atoms with Crippen molar-refractivity contribution in [2.45, 2.75) is 6.54 Å². The zero-order chi connectivity index (χ0) is 17.8. The highest BCUT2D eigenvalue weighted by Crippen LogP contribution is 2.27. The zero-order valence-electron chi connectivity index (χ0n) is 13.7. The van der Waals surface area contributed by atoms with Crippen LogP contribution >= 0.6 is 0 Å². The summed E-state index contributed by atoms with van der Waals surface area (Å²) in [6.07, 6.45) is 1.55. The van der Waals surface area contributed by atoms with Gasteiger partial charge in [0.15, 0.2) is 11.5 Å². The van der Waals surface area contributed by atoms with Gasteiger partial charge in [-0.2, -0.15) is 0 Å². The number of nitro benzene ring substituents is 1. The van der Waals surface area contributed by atoms with E-state index >= 15 is 0 Å². The van der Waals surface area contributed by atoms with Gasteiger partial charge in [-0.05, 0) is 23.8 Å². The van der Waals surface area contributed by atoms with Crippen molar-refractivity contribution in [2.24, 2.45) is 0 Å². The van der Waals surface area contributed by atoms with E-state index in [-0.39, 0.29) is 5.69 Å². The third-order valence-electron chi connectivity index (χ3n) is 3.66. The molecule has 128 valence electrons. The van der Waals surface area contributed by atoms with E-state index in [0.717, 1.165) is 5.56 Å². The van der Waals surface area contributed by atoms with Crippen molar-refractivity contribution in [1.82, 2.24) is 9.97 Å². The van der Waals surface area contributed by atoms with Crippen molar-refractivity contribution in [1.29, 1.82) is 0 Å². The Hall–Kier alpha value is -3.42. The molecule has 0 radical (unpaired) electrons. The van der Waals surface area contributed by atoms with Gasteiger partial charge in [-0.25, -0.2) is 4.98 Å². The highest BCUT2D eigenvalue weighted by atomic mass is 16.6. The quantitative estimate of drug-likeness (QED) is 0.543. The van der Waals surface area contributed by atoms with Crippen molar-refractivity contribution >= 4 is 22.5 Å². The second kappa shape index (κ2) is 7.00. The fourth-order valence-corrected chi connectivity index (χ4v) is 2.38. The van der Waals surface area contributed by atoms with Gasteiger partial charge in [0.25, 0.3) is 5.69 Å². The third-order valence-corrected chi connectivity index (χ3v) is 3.66. The van der Waals surface area contributed by atoms with Crippen LogP contribution < -0.4 is 14.8 Å². The molecule has 1 heterocycles. The smallest absolute Gasteiger partial charge is 0.271 e. The molecule has 0 aliphatic heterocycles. The first-order chi connectivity index (χ1) is 12.1. The lowest BCUT2D eigenvalue weighted by molar-refractivity contribution is -0.384. The first-order valence-electron chi connectivity index (χ1n) is 7.46. The minimum Gasteiger partial charge on any atom is -0.493 e. The summed E-state index contributed by atoms with van der Waals surface area (Å²) in [6, 6.07) is 10.0. The van der Waals surface area contributed by atoms with Crippen LogP contribution in [-0.4, -0.2) is 29.1 Å². The van der Waals surface area contributed by atoms with Gasteiger partial charge in [0, 0.05) is 18.7 Å². The molecule has 1 N–H and O–H groups in total. The van der Waals surface area contributed by atoms with E-state index in [4.69, 9.17) is 9.47 Å². The molecule has 0 bridgehead atoms. The highest BCUT2D eigenvalue weighted by molar-refractivity contribution is 5.78. The molecule has 3 rings (SSSR count). The molecule has 0 amide bonds. The van der Waals surface area contributed by atoms with Gasteiger partial charge in [-0.15, -0.1) is 0 Å². The van der Waals surface area contributed by atoms with Crippen molar-refractivity contribution in [2.75, 3.05) is 19.5 Å². The topological polar surface area (TPSA) is 99.4 Å². The van der Waals surface area contributed by atoms with Crippen LogP contribution in [0.4, 0.5) is 11.5 Å². The first-order valence-corrected chi connectivity index (χ1v) is 7.46. The van der Waals surface area contributed by atoms with Crippen LogP contribution in [0.15, 0.2) is 42.6 Å². The normalized spacial score (nSPS) is 10.5. The number of hydrogen-bond donors (Lipinski definition) is 1. The van der Waals surface area contributed by atoms with E-state index in [9.17, 15) is 10.1 Å². The average Bonchev–Trinajstić information content (AvgIpc) is 2.65. The van der Waals surface area contributed by atoms with Gasteiger partial charge >= 0.3 is 0 Å². The summed E-state index contributed by atoms with van der Waals surface area (Å²) >= 11 is 0. The molecule has 0 saturated heterocycles. The summed E-state index contributed by atoms with van der Waals surface area (Å²) < 4.78 is 10.5. The van der Waals surface area contributed by atoms with Gasteiger partial charge in [0.2, 0.25) is 0 Å². The average molecular weight is 340 g/mol. The number of fused-ring (bicyclic) bond motifs is 1. The Balaban J connectivity index is 1.77. The molecule has 8 nitrogen and oxygen atoms in total. The van der Waals surface area contributed by atoms with Crippen LogP contribution in [-0.2, 0) is 6.54 Å². The van der Waals surface area contributed by atoms with Crippen LogP contribution in [0.5, 0.6) is 11.5 Å². The van der Waals surface area contributed by atoms with Gasteiger partial charge < -0.3 is 14.8 Å². The largest absolute Gasteiger partial charge is 0.493 e. The number of nitrogens with zero attached hydrogens (tertiary/aromatic N) is 3. The Kier molecular flexibility index (Phi) is 4.60. The molecule has 0 atom stereocenters. The lowest BCUT2D eigenvalue weighted by atomic mass is 10.2. The number of methoxy groups -OCH3 is 2. The van der Waals surface area contributed by atoms with Crippen LogP contribution in [0.1, 0.15) is 5.56 Å².